The van der Waals surface area contributed by atoms with Gasteiger partial charge in [0.25, 0.3) is 0 Å². The highest BCUT2D eigenvalue weighted by molar-refractivity contribution is 6.30. The molecule has 0 saturated heterocycles. The van der Waals surface area contributed by atoms with Crippen molar-refractivity contribution in [1.82, 2.24) is 10.3 Å². The van der Waals surface area contributed by atoms with Gasteiger partial charge in [0, 0.05) is 18.3 Å². The summed E-state index contributed by atoms with van der Waals surface area (Å²) in [6.07, 6.45) is 0.381. The van der Waals surface area contributed by atoms with Gasteiger partial charge in [-0.05, 0) is 49.4 Å². The Morgan fingerprint density at radius 3 is 2.36 bits per heavy atom. The molecule has 1 aliphatic rings. The monoisotopic (exact) mass is 412 g/mol. The number of pyridine rings is 1. The van der Waals surface area contributed by atoms with E-state index in [2.05, 4.69) is 10.3 Å². The maximum Gasteiger partial charge on any atom is 0.416 e. The van der Waals surface area contributed by atoms with Crippen LogP contribution in [-0.2, 0) is 17.4 Å². The number of nitrogens with one attached hydrogen (secondary N) is 1. The standard InChI is InChI=1S/C20H20ClF3N2O2/c21-15-5-10-19(25-12-15)28-17-8-6-16(7-9-17)26-18(27)11-13-1-3-14(4-2-13)20(22,23)24/h1-5,10,12,16-17H,6-9,11H2,(H,26,27). The van der Waals surface area contributed by atoms with Crippen molar-refractivity contribution in [2.24, 2.45) is 0 Å². The minimum atomic E-state index is -4.37. The molecule has 1 aromatic heterocycles. The zero-order valence-electron chi connectivity index (χ0n) is 15.0. The summed E-state index contributed by atoms with van der Waals surface area (Å²) in [5, 5.41) is 3.50. The third kappa shape index (κ3) is 5.86. The highest BCUT2D eigenvalue weighted by atomic mass is 35.5. The molecule has 1 fully saturated rings. The van der Waals surface area contributed by atoms with Crippen LogP contribution in [0, 0.1) is 0 Å². The van der Waals surface area contributed by atoms with Crippen molar-refractivity contribution >= 4 is 17.5 Å². The van der Waals surface area contributed by atoms with Crippen LogP contribution in [0.15, 0.2) is 42.6 Å². The zero-order chi connectivity index (χ0) is 20.1. The summed E-state index contributed by atoms with van der Waals surface area (Å²) < 4.78 is 43.6. The second-order valence-electron chi connectivity index (χ2n) is 6.85. The molecule has 0 aliphatic heterocycles. The van der Waals surface area contributed by atoms with Gasteiger partial charge in [-0.15, -0.1) is 0 Å². The Morgan fingerprint density at radius 1 is 1.11 bits per heavy atom. The fourth-order valence-electron chi connectivity index (χ4n) is 3.20. The lowest BCUT2D eigenvalue weighted by Gasteiger charge is -2.29. The summed E-state index contributed by atoms with van der Waals surface area (Å²) in [6.45, 7) is 0. The predicted molar refractivity (Wildman–Crippen MR) is 99.2 cm³/mol. The molecule has 1 aliphatic carbocycles. The number of halogens is 4. The molecule has 8 heteroatoms. The first kappa shape index (κ1) is 20.5. The van der Waals surface area contributed by atoms with Gasteiger partial charge in [0.1, 0.15) is 6.10 Å². The lowest BCUT2D eigenvalue weighted by Crippen LogP contribution is -2.40. The average molecular weight is 413 g/mol. The molecular formula is C20H20ClF3N2O2. The number of alkyl halides is 3. The van der Waals surface area contributed by atoms with Crippen molar-refractivity contribution in [2.45, 2.75) is 50.4 Å². The van der Waals surface area contributed by atoms with Gasteiger partial charge >= 0.3 is 6.18 Å². The molecule has 150 valence electrons. The van der Waals surface area contributed by atoms with E-state index in [0.717, 1.165) is 37.8 Å². The summed E-state index contributed by atoms with van der Waals surface area (Å²) in [7, 11) is 0. The first-order chi connectivity index (χ1) is 13.3. The maximum absolute atomic E-state index is 12.6. The molecular weight excluding hydrogens is 393 g/mol. The van der Waals surface area contributed by atoms with Gasteiger partial charge in [0.05, 0.1) is 17.0 Å². The molecule has 1 amide bonds. The largest absolute Gasteiger partial charge is 0.474 e. The summed E-state index contributed by atoms with van der Waals surface area (Å²) in [6, 6.07) is 8.15. The van der Waals surface area contributed by atoms with Gasteiger partial charge < -0.3 is 10.1 Å². The molecule has 1 N–H and O–H groups in total. The van der Waals surface area contributed by atoms with E-state index in [1.807, 2.05) is 0 Å². The molecule has 1 aromatic carbocycles. The zero-order valence-corrected chi connectivity index (χ0v) is 15.8. The van der Waals surface area contributed by atoms with Crippen molar-refractivity contribution < 1.29 is 22.7 Å². The molecule has 1 heterocycles. The van der Waals surface area contributed by atoms with E-state index in [0.29, 0.717) is 16.5 Å². The lowest BCUT2D eigenvalue weighted by molar-refractivity contribution is -0.137. The van der Waals surface area contributed by atoms with Crippen LogP contribution < -0.4 is 10.1 Å². The first-order valence-electron chi connectivity index (χ1n) is 9.03. The Labute approximate surface area is 166 Å². The molecule has 0 bridgehead atoms. The van der Waals surface area contributed by atoms with Gasteiger partial charge in [-0.25, -0.2) is 4.98 Å². The minimum Gasteiger partial charge on any atom is -0.474 e. The van der Waals surface area contributed by atoms with Crippen molar-refractivity contribution in [3.8, 4) is 5.88 Å². The van der Waals surface area contributed by atoms with Crippen LogP contribution in [0.25, 0.3) is 0 Å². The van der Waals surface area contributed by atoms with Crippen LogP contribution in [0.1, 0.15) is 36.8 Å². The number of hydrogen-bond donors (Lipinski definition) is 1. The molecule has 0 unspecified atom stereocenters. The molecule has 0 atom stereocenters. The summed E-state index contributed by atoms with van der Waals surface area (Å²) in [4.78, 5) is 16.3. The number of amides is 1. The van der Waals surface area contributed by atoms with Crippen molar-refractivity contribution in [3.63, 3.8) is 0 Å². The van der Waals surface area contributed by atoms with Crippen molar-refractivity contribution in [2.75, 3.05) is 0 Å². The van der Waals surface area contributed by atoms with Gasteiger partial charge in [-0.2, -0.15) is 13.2 Å². The quantitative estimate of drug-likeness (QED) is 0.767. The fourth-order valence-corrected chi connectivity index (χ4v) is 3.32. The second kappa shape index (κ2) is 8.82. The number of benzene rings is 1. The number of hydrogen-bond acceptors (Lipinski definition) is 3. The van der Waals surface area contributed by atoms with Gasteiger partial charge in [0.2, 0.25) is 11.8 Å². The van der Waals surface area contributed by atoms with Gasteiger partial charge in [-0.1, -0.05) is 23.7 Å². The van der Waals surface area contributed by atoms with Gasteiger partial charge in [0.15, 0.2) is 0 Å². The SMILES string of the molecule is O=C(Cc1ccc(C(F)(F)F)cc1)NC1CCC(Oc2ccc(Cl)cn2)CC1. The van der Waals surface area contributed by atoms with Crippen LogP contribution in [0.5, 0.6) is 5.88 Å². The van der Waals surface area contributed by atoms with Gasteiger partial charge in [-0.3, -0.25) is 4.79 Å². The number of aromatic nitrogens is 1. The summed E-state index contributed by atoms with van der Waals surface area (Å²) >= 11 is 5.80. The first-order valence-corrected chi connectivity index (χ1v) is 9.41. The molecule has 0 radical (unpaired) electrons. The molecule has 2 aromatic rings. The highest BCUT2D eigenvalue weighted by Crippen LogP contribution is 2.29. The molecule has 28 heavy (non-hydrogen) atoms. The normalized spacial score (nSPS) is 19.9. The van der Waals surface area contributed by atoms with E-state index < -0.39 is 11.7 Å². The van der Waals surface area contributed by atoms with E-state index in [1.54, 1.807) is 12.1 Å². The van der Waals surface area contributed by atoms with Crippen LogP contribution in [0.4, 0.5) is 13.2 Å². The smallest absolute Gasteiger partial charge is 0.416 e. The Bertz CT molecular complexity index is 787. The Morgan fingerprint density at radius 2 is 1.79 bits per heavy atom. The number of carbonyl (C=O) groups is 1. The lowest BCUT2D eigenvalue weighted by atomic mass is 9.92. The van der Waals surface area contributed by atoms with Crippen molar-refractivity contribution in [1.29, 1.82) is 0 Å². The molecule has 4 nitrogen and oxygen atoms in total. The van der Waals surface area contributed by atoms with Crippen LogP contribution in [-0.4, -0.2) is 23.0 Å². The average Bonchev–Trinajstić information content (AvgIpc) is 2.65. The van der Waals surface area contributed by atoms with E-state index in [4.69, 9.17) is 16.3 Å². The number of nitrogens with zero attached hydrogens (tertiary/aromatic N) is 1. The van der Waals surface area contributed by atoms with E-state index in [-0.39, 0.29) is 24.5 Å². The number of ether oxygens (including phenoxy) is 1. The fraction of sp³-hybridized carbons (Fsp3) is 0.400. The Balaban J connectivity index is 1.42. The summed E-state index contributed by atoms with van der Waals surface area (Å²) in [5.74, 6) is 0.336. The highest BCUT2D eigenvalue weighted by Gasteiger charge is 2.30. The van der Waals surface area contributed by atoms with E-state index >= 15 is 0 Å². The molecule has 1 saturated carbocycles. The Kier molecular flexibility index (Phi) is 6.44. The van der Waals surface area contributed by atoms with E-state index in [9.17, 15) is 18.0 Å². The summed E-state index contributed by atoms with van der Waals surface area (Å²) in [5.41, 5.74) is -0.165. The third-order valence-electron chi connectivity index (χ3n) is 4.67. The second-order valence-corrected chi connectivity index (χ2v) is 7.28. The molecule has 3 rings (SSSR count). The molecule has 0 spiro atoms. The van der Waals surface area contributed by atoms with Crippen LogP contribution >= 0.6 is 11.6 Å². The van der Waals surface area contributed by atoms with Crippen LogP contribution in [0.3, 0.4) is 0 Å². The third-order valence-corrected chi connectivity index (χ3v) is 4.90. The topological polar surface area (TPSA) is 51.2 Å². The Hall–Kier alpha value is -2.28. The number of carbonyl (C=O) groups excluding carboxylic acids is 1. The minimum absolute atomic E-state index is 0.0386. The van der Waals surface area contributed by atoms with E-state index in [1.165, 1.54) is 18.3 Å². The van der Waals surface area contributed by atoms with Crippen molar-refractivity contribution in [3.05, 3.63) is 58.7 Å². The maximum atomic E-state index is 12.6. The number of rotatable bonds is 5. The van der Waals surface area contributed by atoms with Crippen LogP contribution in [0.2, 0.25) is 5.02 Å². The predicted octanol–water partition coefficient (Wildman–Crippen LogP) is 4.80.